The Morgan fingerprint density at radius 3 is 2.45 bits per heavy atom. The predicted octanol–water partition coefficient (Wildman–Crippen LogP) is 3.24. The highest BCUT2D eigenvalue weighted by atomic mass is 35.5. The molecule has 0 aromatic heterocycles. The Morgan fingerprint density at radius 2 is 1.86 bits per heavy atom. The lowest BCUT2D eigenvalue weighted by Crippen LogP contribution is -2.46. The quantitative estimate of drug-likeness (QED) is 0.638. The summed E-state index contributed by atoms with van der Waals surface area (Å²) in [4.78, 5) is 29.3. The van der Waals surface area contributed by atoms with Crippen LogP contribution in [0.25, 0.3) is 0 Å². The minimum atomic E-state index is -0.174. The molecule has 1 aliphatic heterocycles. The number of nitrogens with one attached hydrogen (secondary N) is 2. The van der Waals surface area contributed by atoms with Gasteiger partial charge in [-0.3, -0.25) is 14.5 Å². The standard InChI is InChI=1S/C22H36N4O2.ClH/c1-5-25(6-2)22(28)19-8-7-9-20(16-19)24-21(27)17(3)26-14-11-18(12-15-26)10-13-23-4;/h7-9,16-18,23H,5-6,10-15H2,1-4H3,(H,24,27);1H. The zero-order chi connectivity index (χ0) is 20.5. The number of carbonyl (C=O) groups is 2. The number of rotatable bonds is 9. The first-order valence-corrected chi connectivity index (χ1v) is 10.6. The maximum absolute atomic E-state index is 12.7. The molecular weight excluding hydrogens is 388 g/mol. The second-order valence-electron chi connectivity index (χ2n) is 7.60. The van der Waals surface area contributed by atoms with Gasteiger partial charge in [-0.2, -0.15) is 0 Å². The van der Waals surface area contributed by atoms with Crippen LogP contribution in [0, 0.1) is 5.92 Å². The molecule has 0 spiro atoms. The maximum atomic E-state index is 12.7. The van der Waals surface area contributed by atoms with E-state index in [1.54, 1.807) is 17.0 Å². The number of nitrogens with zero attached hydrogens (tertiary/aromatic N) is 2. The van der Waals surface area contributed by atoms with Crippen LogP contribution in [0.15, 0.2) is 24.3 Å². The number of hydrogen-bond donors (Lipinski definition) is 2. The highest BCUT2D eigenvalue weighted by molar-refractivity contribution is 5.98. The minimum absolute atomic E-state index is 0. The molecule has 6 nitrogen and oxygen atoms in total. The number of anilines is 1. The van der Waals surface area contributed by atoms with Crippen LogP contribution in [0.2, 0.25) is 0 Å². The number of hydrogen-bond acceptors (Lipinski definition) is 4. The molecule has 164 valence electrons. The fraction of sp³-hybridized carbons (Fsp3) is 0.636. The van der Waals surface area contributed by atoms with Crippen molar-refractivity contribution in [1.82, 2.24) is 15.1 Å². The topological polar surface area (TPSA) is 64.7 Å². The van der Waals surface area contributed by atoms with Crippen molar-refractivity contribution in [3.05, 3.63) is 29.8 Å². The number of likely N-dealkylation sites (tertiary alicyclic amines) is 1. The first kappa shape index (κ1) is 25.4. The van der Waals surface area contributed by atoms with Gasteiger partial charge < -0.3 is 15.5 Å². The third kappa shape index (κ3) is 7.28. The molecule has 0 aliphatic carbocycles. The summed E-state index contributed by atoms with van der Waals surface area (Å²) in [7, 11) is 1.99. The van der Waals surface area contributed by atoms with Crippen LogP contribution < -0.4 is 10.6 Å². The Labute approximate surface area is 181 Å². The molecule has 1 saturated heterocycles. The SMILES string of the molecule is CCN(CC)C(=O)c1cccc(NC(=O)C(C)N2CCC(CCNC)CC2)c1.Cl. The molecule has 1 aromatic rings. The van der Waals surface area contributed by atoms with Crippen molar-refractivity contribution in [1.29, 1.82) is 0 Å². The molecule has 0 bridgehead atoms. The van der Waals surface area contributed by atoms with Gasteiger partial charge in [-0.25, -0.2) is 0 Å². The van der Waals surface area contributed by atoms with Gasteiger partial charge in [-0.1, -0.05) is 6.07 Å². The highest BCUT2D eigenvalue weighted by Crippen LogP contribution is 2.22. The van der Waals surface area contributed by atoms with Crippen LogP contribution in [0.5, 0.6) is 0 Å². The molecule has 2 amide bonds. The summed E-state index contributed by atoms with van der Waals surface area (Å²) >= 11 is 0. The third-order valence-corrected chi connectivity index (χ3v) is 5.81. The highest BCUT2D eigenvalue weighted by Gasteiger charge is 2.26. The van der Waals surface area contributed by atoms with E-state index in [1.165, 1.54) is 6.42 Å². The summed E-state index contributed by atoms with van der Waals surface area (Å²) in [5.41, 5.74) is 1.29. The van der Waals surface area contributed by atoms with Crippen LogP contribution in [0.4, 0.5) is 5.69 Å². The Morgan fingerprint density at radius 1 is 1.21 bits per heavy atom. The Balaban J connectivity index is 0.00000420. The normalized spacial score (nSPS) is 16.0. The second-order valence-corrected chi connectivity index (χ2v) is 7.60. The van der Waals surface area contributed by atoms with Crippen molar-refractivity contribution in [2.24, 2.45) is 5.92 Å². The van der Waals surface area contributed by atoms with Crippen molar-refractivity contribution >= 4 is 29.9 Å². The summed E-state index contributed by atoms with van der Waals surface area (Å²) in [6.07, 6.45) is 3.50. The van der Waals surface area contributed by atoms with E-state index in [2.05, 4.69) is 15.5 Å². The molecule has 29 heavy (non-hydrogen) atoms. The lowest BCUT2D eigenvalue weighted by molar-refractivity contribution is -0.121. The van der Waals surface area contributed by atoms with Gasteiger partial charge in [0, 0.05) is 24.3 Å². The lowest BCUT2D eigenvalue weighted by Gasteiger charge is -2.35. The van der Waals surface area contributed by atoms with Gasteiger partial charge in [0.2, 0.25) is 5.91 Å². The van der Waals surface area contributed by atoms with Crippen molar-refractivity contribution in [3.8, 4) is 0 Å². The van der Waals surface area contributed by atoms with Crippen LogP contribution in [0.1, 0.15) is 50.4 Å². The zero-order valence-corrected chi connectivity index (χ0v) is 19.1. The number of carbonyl (C=O) groups excluding carboxylic acids is 2. The Kier molecular flexibility index (Phi) is 11.2. The fourth-order valence-electron chi connectivity index (χ4n) is 3.81. The average Bonchev–Trinajstić information content (AvgIpc) is 2.73. The Hall–Kier alpha value is -1.63. The Bertz CT molecular complexity index is 643. The van der Waals surface area contributed by atoms with Gasteiger partial charge >= 0.3 is 0 Å². The van der Waals surface area contributed by atoms with Crippen molar-refractivity contribution in [2.45, 2.75) is 46.1 Å². The number of benzene rings is 1. The largest absolute Gasteiger partial charge is 0.339 e. The molecule has 7 heteroatoms. The molecule has 1 fully saturated rings. The maximum Gasteiger partial charge on any atom is 0.253 e. The van der Waals surface area contributed by atoms with Gasteiger partial charge in [-0.05, 0) is 90.8 Å². The number of halogens is 1. The summed E-state index contributed by atoms with van der Waals surface area (Å²) in [6, 6.07) is 7.07. The predicted molar refractivity (Wildman–Crippen MR) is 122 cm³/mol. The molecule has 1 atom stereocenters. The lowest BCUT2D eigenvalue weighted by atomic mass is 9.93. The summed E-state index contributed by atoms with van der Waals surface area (Å²) in [5.74, 6) is 0.737. The van der Waals surface area contributed by atoms with Crippen molar-refractivity contribution in [2.75, 3.05) is 45.1 Å². The molecule has 1 aromatic carbocycles. The molecular formula is C22H37ClN4O2. The van der Waals surface area contributed by atoms with Crippen molar-refractivity contribution in [3.63, 3.8) is 0 Å². The van der Waals surface area contributed by atoms with E-state index in [4.69, 9.17) is 0 Å². The van der Waals surface area contributed by atoms with E-state index < -0.39 is 0 Å². The number of amides is 2. The van der Waals surface area contributed by atoms with Gasteiger partial charge in [0.15, 0.2) is 0 Å². The van der Waals surface area contributed by atoms with Gasteiger partial charge in [0.05, 0.1) is 6.04 Å². The van der Waals surface area contributed by atoms with E-state index in [9.17, 15) is 9.59 Å². The number of piperidine rings is 1. The van der Waals surface area contributed by atoms with E-state index >= 15 is 0 Å². The fourth-order valence-corrected chi connectivity index (χ4v) is 3.81. The monoisotopic (exact) mass is 424 g/mol. The summed E-state index contributed by atoms with van der Waals surface area (Å²) in [6.45, 7) is 10.2. The molecule has 1 aliphatic rings. The minimum Gasteiger partial charge on any atom is -0.339 e. The van der Waals surface area contributed by atoms with E-state index in [0.29, 0.717) is 24.3 Å². The van der Waals surface area contributed by atoms with Gasteiger partial charge in [-0.15, -0.1) is 12.4 Å². The van der Waals surface area contributed by atoms with Gasteiger partial charge in [0.1, 0.15) is 0 Å². The summed E-state index contributed by atoms with van der Waals surface area (Å²) in [5, 5.41) is 6.21. The van der Waals surface area contributed by atoms with Crippen LogP contribution >= 0.6 is 12.4 Å². The zero-order valence-electron chi connectivity index (χ0n) is 18.2. The molecule has 1 heterocycles. The van der Waals surface area contributed by atoms with Crippen molar-refractivity contribution < 1.29 is 9.59 Å². The summed E-state index contributed by atoms with van der Waals surface area (Å²) < 4.78 is 0. The van der Waals surface area contributed by atoms with E-state index in [0.717, 1.165) is 38.4 Å². The molecule has 2 rings (SSSR count). The molecule has 2 N–H and O–H groups in total. The molecule has 1 unspecified atom stereocenters. The van der Waals surface area contributed by atoms with Gasteiger partial charge in [0.25, 0.3) is 5.91 Å². The van der Waals surface area contributed by atoms with E-state index in [1.807, 2.05) is 40.0 Å². The third-order valence-electron chi connectivity index (χ3n) is 5.81. The first-order chi connectivity index (χ1) is 13.5. The molecule has 0 radical (unpaired) electrons. The molecule has 0 saturated carbocycles. The van der Waals surface area contributed by atoms with Crippen LogP contribution in [-0.4, -0.2) is 67.4 Å². The van der Waals surface area contributed by atoms with E-state index in [-0.39, 0.29) is 30.3 Å². The van der Waals surface area contributed by atoms with Crippen LogP contribution in [-0.2, 0) is 4.79 Å². The van der Waals surface area contributed by atoms with Crippen LogP contribution in [0.3, 0.4) is 0 Å². The smallest absolute Gasteiger partial charge is 0.253 e. The second kappa shape index (κ2) is 12.8. The first-order valence-electron chi connectivity index (χ1n) is 10.6. The average molecular weight is 425 g/mol.